The van der Waals surface area contributed by atoms with E-state index in [1.165, 1.54) is 93.1 Å². The van der Waals surface area contributed by atoms with Crippen LogP contribution in [0.25, 0.3) is 0 Å². The van der Waals surface area contributed by atoms with Crippen molar-refractivity contribution in [1.29, 1.82) is 0 Å². The highest BCUT2D eigenvalue weighted by Gasteiger charge is 2.22. The minimum Gasteiger partial charge on any atom is -0.398 e. The Bertz CT molecular complexity index is 868. The average molecular weight is 489 g/mol. The van der Waals surface area contributed by atoms with Gasteiger partial charge in [-0.15, -0.1) is 0 Å². The van der Waals surface area contributed by atoms with E-state index in [9.17, 15) is 16.8 Å². The Kier molecular flexibility index (Phi) is 13.5. The summed E-state index contributed by atoms with van der Waals surface area (Å²) in [4.78, 5) is -0.0265. The maximum Gasteiger partial charge on any atom is 0.242 e. The zero-order chi connectivity index (χ0) is 24.0. The number of hydrogen-bond acceptors (Lipinski definition) is 5. The highest BCUT2D eigenvalue weighted by molar-refractivity contribution is 7.91. The standard InChI is InChI=1S/C24H44N2O4S2/c1-4-5-6-7-8-9-10-11-12-13-14-15-16-17-20-26(2)32(29,30)22-18-19-24(23(25)21-22)31(3,27)28/h18-19,21H,4-17,20,25H2,1-3H3. The first-order chi connectivity index (χ1) is 15.1. The van der Waals surface area contributed by atoms with Gasteiger partial charge in [0.2, 0.25) is 10.0 Å². The molecule has 0 aliphatic rings. The number of nitrogen functional groups attached to an aromatic ring is 1. The number of hydrogen-bond donors (Lipinski definition) is 1. The highest BCUT2D eigenvalue weighted by atomic mass is 32.2. The van der Waals surface area contributed by atoms with Crippen molar-refractivity contribution in [2.45, 2.75) is 107 Å². The molecule has 0 aliphatic heterocycles. The van der Waals surface area contributed by atoms with Crippen LogP contribution in [0.15, 0.2) is 28.0 Å². The maximum absolute atomic E-state index is 12.7. The fourth-order valence-electron chi connectivity index (χ4n) is 3.85. The molecule has 0 amide bonds. The summed E-state index contributed by atoms with van der Waals surface area (Å²) in [6.45, 7) is 2.69. The molecule has 8 heteroatoms. The van der Waals surface area contributed by atoms with E-state index < -0.39 is 19.9 Å². The molecule has 0 aliphatic carbocycles. The summed E-state index contributed by atoms with van der Waals surface area (Å²) in [5.41, 5.74) is 5.73. The summed E-state index contributed by atoms with van der Waals surface area (Å²) in [5.74, 6) is 0. The number of nitrogens with zero attached hydrogens (tertiary/aromatic N) is 1. The maximum atomic E-state index is 12.7. The molecule has 0 unspecified atom stereocenters. The predicted octanol–water partition coefficient (Wildman–Crippen LogP) is 5.77. The second-order valence-electron chi connectivity index (χ2n) is 8.89. The summed E-state index contributed by atoms with van der Waals surface area (Å²) < 4.78 is 50.1. The van der Waals surface area contributed by atoms with Gasteiger partial charge in [0.15, 0.2) is 9.84 Å². The third kappa shape index (κ3) is 10.7. The molecular weight excluding hydrogens is 444 g/mol. The van der Waals surface area contributed by atoms with Gasteiger partial charge in [-0.25, -0.2) is 21.1 Å². The molecule has 2 N–H and O–H groups in total. The van der Waals surface area contributed by atoms with Crippen LogP contribution in [0, 0.1) is 0 Å². The Labute approximate surface area is 196 Å². The van der Waals surface area contributed by atoms with Crippen molar-refractivity contribution in [1.82, 2.24) is 4.31 Å². The van der Waals surface area contributed by atoms with Crippen molar-refractivity contribution in [2.24, 2.45) is 0 Å². The molecule has 0 bridgehead atoms. The van der Waals surface area contributed by atoms with E-state index in [1.807, 2.05) is 0 Å². The Morgan fingerprint density at radius 2 is 1.19 bits per heavy atom. The van der Waals surface area contributed by atoms with Crippen molar-refractivity contribution in [3.05, 3.63) is 18.2 Å². The fourth-order valence-corrected chi connectivity index (χ4v) is 5.90. The number of anilines is 1. The third-order valence-electron chi connectivity index (χ3n) is 5.92. The van der Waals surface area contributed by atoms with Crippen LogP contribution in [-0.2, 0) is 19.9 Å². The zero-order valence-electron chi connectivity index (χ0n) is 20.3. The van der Waals surface area contributed by atoms with Gasteiger partial charge in [-0.1, -0.05) is 90.4 Å². The largest absolute Gasteiger partial charge is 0.398 e. The van der Waals surface area contributed by atoms with E-state index in [-0.39, 0.29) is 15.5 Å². The first-order valence-corrected chi connectivity index (χ1v) is 15.5. The van der Waals surface area contributed by atoms with E-state index in [2.05, 4.69) is 6.92 Å². The lowest BCUT2D eigenvalue weighted by atomic mass is 10.0. The van der Waals surface area contributed by atoms with Crippen LogP contribution >= 0.6 is 0 Å². The minimum absolute atomic E-state index is 0.0234. The summed E-state index contributed by atoms with van der Waals surface area (Å²) in [5, 5.41) is 0. The van der Waals surface area contributed by atoms with E-state index in [0.717, 1.165) is 25.5 Å². The lowest BCUT2D eigenvalue weighted by molar-refractivity contribution is 0.447. The third-order valence-corrected chi connectivity index (χ3v) is 8.94. The van der Waals surface area contributed by atoms with Crippen molar-refractivity contribution in [3.63, 3.8) is 0 Å². The molecule has 1 aromatic carbocycles. The number of benzene rings is 1. The lowest BCUT2D eigenvalue weighted by Crippen LogP contribution is -2.28. The molecule has 186 valence electrons. The van der Waals surface area contributed by atoms with Crippen molar-refractivity contribution >= 4 is 25.5 Å². The molecule has 6 nitrogen and oxygen atoms in total. The Hall–Kier alpha value is -1.12. The Morgan fingerprint density at radius 1 is 0.750 bits per heavy atom. The normalized spacial score (nSPS) is 12.5. The van der Waals surface area contributed by atoms with Gasteiger partial charge in [0.05, 0.1) is 15.5 Å². The molecule has 0 spiro atoms. The van der Waals surface area contributed by atoms with Gasteiger partial charge in [-0.05, 0) is 24.6 Å². The lowest BCUT2D eigenvalue weighted by Gasteiger charge is -2.18. The molecule has 0 fully saturated rings. The molecule has 0 aromatic heterocycles. The van der Waals surface area contributed by atoms with Crippen LogP contribution in [-0.4, -0.2) is 41.0 Å². The van der Waals surface area contributed by atoms with Crippen LogP contribution in [0.3, 0.4) is 0 Å². The summed E-state index contributed by atoms with van der Waals surface area (Å²) in [7, 11) is -5.62. The number of sulfonamides is 1. The monoisotopic (exact) mass is 488 g/mol. The average Bonchev–Trinajstić information content (AvgIpc) is 2.72. The molecule has 0 atom stereocenters. The molecule has 1 rings (SSSR count). The smallest absolute Gasteiger partial charge is 0.242 e. The number of nitrogens with two attached hydrogens (primary N) is 1. The summed E-state index contributed by atoms with van der Waals surface area (Å²) in [6.07, 6.45) is 18.6. The first kappa shape index (κ1) is 28.9. The second kappa shape index (κ2) is 14.9. The Morgan fingerprint density at radius 3 is 1.59 bits per heavy atom. The second-order valence-corrected chi connectivity index (χ2v) is 12.9. The van der Waals surface area contributed by atoms with Crippen molar-refractivity contribution < 1.29 is 16.8 Å². The number of unbranched alkanes of at least 4 members (excludes halogenated alkanes) is 13. The summed E-state index contributed by atoms with van der Waals surface area (Å²) >= 11 is 0. The van der Waals surface area contributed by atoms with E-state index in [1.54, 1.807) is 7.05 Å². The predicted molar refractivity (Wildman–Crippen MR) is 134 cm³/mol. The fraction of sp³-hybridized carbons (Fsp3) is 0.750. The van der Waals surface area contributed by atoms with Gasteiger partial charge in [0, 0.05) is 19.8 Å². The van der Waals surface area contributed by atoms with Gasteiger partial charge in [-0.3, -0.25) is 0 Å². The van der Waals surface area contributed by atoms with Crippen LogP contribution in [0.4, 0.5) is 5.69 Å². The van der Waals surface area contributed by atoms with Crippen molar-refractivity contribution in [2.75, 3.05) is 25.6 Å². The van der Waals surface area contributed by atoms with E-state index in [4.69, 9.17) is 5.73 Å². The highest BCUT2D eigenvalue weighted by Crippen LogP contribution is 2.24. The molecule has 32 heavy (non-hydrogen) atoms. The van der Waals surface area contributed by atoms with Gasteiger partial charge >= 0.3 is 0 Å². The topological polar surface area (TPSA) is 97.5 Å². The van der Waals surface area contributed by atoms with E-state index >= 15 is 0 Å². The minimum atomic E-state index is -3.68. The molecular formula is C24H44N2O4S2. The molecule has 1 aromatic rings. The molecule has 0 heterocycles. The molecule has 0 saturated heterocycles. The Balaban J connectivity index is 2.21. The van der Waals surface area contributed by atoms with Crippen LogP contribution in [0.1, 0.15) is 96.8 Å². The van der Waals surface area contributed by atoms with E-state index in [0.29, 0.717) is 6.54 Å². The zero-order valence-corrected chi connectivity index (χ0v) is 21.9. The molecule has 0 radical (unpaired) electrons. The first-order valence-electron chi connectivity index (χ1n) is 12.2. The van der Waals surface area contributed by atoms with Gasteiger partial charge in [0.25, 0.3) is 0 Å². The van der Waals surface area contributed by atoms with Crippen LogP contribution in [0.5, 0.6) is 0 Å². The van der Waals surface area contributed by atoms with Gasteiger partial charge in [-0.2, -0.15) is 0 Å². The number of sulfone groups is 1. The SMILES string of the molecule is CCCCCCCCCCCCCCCCN(C)S(=O)(=O)c1ccc(S(C)(=O)=O)c(N)c1. The van der Waals surface area contributed by atoms with Crippen LogP contribution in [0.2, 0.25) is 0 Å². The van der Waals surface area contributed by atoms with Gasteiger partial charge in [0.1, 0.15) is 0 Å². The quantitative estimate of drug-likeness (QED) is 0.209. The number of rotatable bonds is 18. The van der Waals surface area contributed by atoms with Crippen molar-refractivity contribution in [3.8, 4) is 0 Å². The molecule has 0 saturated carbocycles. The summed E-state index contributed by atoms with van der Waals surface area (Å²) in [6, 6.07) is 3.80. The van der Waals surface area contributed by atoms with Gasteiger partial charge < -0.3 is 5.73 Å². The van der Waals surface area contributed by atoms with Crippen LogP contribution < -0.4 is 5.73 Å².